The van der Waals surface area contributed by atoms with E-state index in [1.807, 2.05) is 30.3 Å². The molecule has 0 radical (unpaired) electrons. The van der Waals surface area contributed by atoms with Crippen LogP contribution in [0, 0.1) is 10.1 Å². The summed E-state index contributed by atoms with van der Waals surface area (Å²) in [4.78, 5) is 39.7. The molecule has 40 heavy (non-hydrogen) atoms. The van der Waals surface area contributed by atoms with Gasteiger partial charge in [-0.2, -0.15) is 0 Å². The fraction of sp³-hybridized carbons (Fsp3) is 0.333. The average Bonchev–Trinajstić information content (AvgIpc) is 3.45. The van der Waals surface area contributed by atoms with Crippen molar-refractivity contribution in [3.8, 4) is 0 Å². The summed E-state index contributed by atoms with van der Waals surface area (Å²) in [7, 11) is 0. The number of nitrogens with one attached hydrogen (secondary N) is 1. The summed E-state index contributed by atoms with van der Waals surface area (Å²) in [5.74, 6) is 0.260. The van der Waals surface area contributed by atoms with Crippen LogP contribution < -0.4 is 5.32 Å². The molecule has 210 valence electrons. The van der Waals surface area contributed by atoms with Crippen molar-refractivity contribution in [2.45, 2.75) is 56.5 Å². The minimum atomic E-state index is -0.734. The number of nitro groups is 1. The van der Waals surface area contributed by atoms with Gasteiger partial charge in [-0.05, 0) is 41.7 Å². The molecule has 2 amide bonds. The van der Waals surface area contributed by atoms with E-state index < -0.39 is 11.0 Å². The molecule has 1 fully saturated rings. The van der Waals surface area contributed by atoms with Gasteiger partial charge >= 0.3 is 0 Å². The second-order valence-electron chi connectivity index (χ2n) is 9.87. The number of non-ortho nitro benzene ring substituents is 1. The SMILES string of the molecule is O=C(NC1CCCC1)C(Cc1ccccc1)N(Cc1ccc(Cl)cc1Cl)C(=O)CSCc1ccc([N+](=O)[O-])cc1. The normalized spacial score (nSPS) is 14.1. The van der Waals surface area contributed by atoms with Crippen molar-refractivity contribution in [2.75, 3.05) is 5.75 Å². The summed E-state index contributed by atoms with van der Waals surface area (Å²) in [6.07, 6.45) is 4.40. The highest BCUT2D eigenvalue weighted by molar-refractivity contribution is 7.99. The molecular weight excluding hydrogens is 569 g/mol. The Morgan fingerprint density at radius 1 is 1.00 bits per heavy atom. The molecule has 1 aliphatic carbocycles. The quantitative estimate of drug-likeness (QED) is 0.182. The van der Waals surface area contributed by atoms with E-state index in [9.17, 15) is 19.7 Å². The van der Waals surface area contributed by atoms with Gasteiger partial charge in [0.1, 0.15) is 6.04 Å². The van der Waals surface area contributed by atoms with E-state index in [4.69, 9.17) is 23.2 Å². The molecule has 1 N–H and O–H groups in total. The fourth-order valence-corrected chi connectivity index (χ4v) is 6.15. The Balaban J connectivity index is 1.56. The first-order valence-electron chi connectivity index (χ1n) is 13.2. The number of hydrogen-bond donors (Lipinski definition) is 1. The number of hydrogen-bond acceptors (Lipinski definition) is 5. The Hall–Kier alpha value is -3.07. The van der Waals surface area contributed by atoms with E-state index >= 15 is 0 Å². The molecule has 10 heteroatoms. The topological polar surface area (TPSA) is 92.6 Å². The van der Waals surface area contributed by atoms with E-state index in [0.29, 0.717) is 27.8 Å². The van der Waals surface area contributed by atoms with Crippen LogP contribution >= 0.6 is 35.0 Å². The zero-order valence-corrected chi connectivity index (χ0v) is 24.3. The van der Waals surface area contributed by atoms with Crippen LogP contribution in [-0.2, 0) is 28.3 Å². The summed E-state index contributed by atoms with van der Waals surface area (Å²) >= 11 is 14.0. The van der Waals surface area contributed by atoms with Crippen LogP contribution in [0.1, 0.15) is 42.4 Å². The van der Waals surface area contributed by atoms with Gasteiger partial charge in [-0.1, -0.05) is 84.6 Å². The third-order valence-electron chi connectivity index (χ3n) is 6.97. The van der Waals surface area contributed by atoms with Gasteiger partial charge in [0.15, 0.2) is 0 Å². The maximum Gasteiger partial charge on any atom is 0.269 e. The number of carbonyl (C=O) groups is 2. The third kappa shape index (κ3) is 8.46. The van der Waals surface area contributed by atoms with Crippen LogP contribution in [0.5, 0.6) is 0 Å². The molecule has 0 aromatic heterocycles. The Bertz CT molecular complexity index is 1320. The summed E-state index contributed by atoms with van der Waals surface area (Å²) in [5.41, 5.74) is 2.54. The molecule has 3 aromatic rings. The molecule has 1 unspecified atom stereocenters. The predicted molar refractivity (Wildman–Crippen MR) is 161 cm³/mol. The maximum atomic E-state index is 13.8. The molecule has 0 saturated heterocycles. The number of benzene rings is 3. The standard InChI is InChI=1S/C30H31Cl2N3O4S/c31-24-13-12-23(27(32)17-24)18-34(29(36)20-40-19-22-10-14-26(15-11-22)35(38)39)28(16-21-6-2-1-3-7-21)30(37)33-25-8-4-5-9-25/h1-3,6-7,10-15,17,25,28H,4-5,8-9,16,18-20H2,(H,33,37). The van der Waals surface area contributed by atoms with Gasteiger partial charge in [-0.25, -0.2) is 0 Å². The van der Waals surface area contributed by atoms with Crippen LogP contribution in [0.4, 0.5) is 5.69 Å². The minimum Gasteiger partial charge on any atom is -0.352 e. The molecule has 0 heterocycles. The summed E-state index contributed by atoms with van der Waals surface area (Å²) in [6, 6.07) is 20.5. The molecule has 1 aliphatic rings. The van der Waals surface area contributed by atoms with Crippen molar-refractivity contribution in [2.24, 2.45) is 0 Å². The molecule has 0 spiro atoms. The third-order valence-corrected chi connectivity index (χ3v) is 8.55. The Morgan fingerprint density at radius 3 is 2.35 bits per heavy atom. The van der Waals surface area contributed by atoms with Crippen molar-refractivity contribution >= 4 is 52.5 Å². The molecule has 3 aromatic carbocycles. The lowest BCUT2D eigenvalue weighted by Gasteiger charge is -2.32. The lowest BCUT2D eigenvalue weighted by molar-refractivity contribution is -0.384. The summed E-state index contributed by atoms with van der Waals surface area (Å²) in [6.45, 7) is 0.155. The van der Waals surface area contributed by atoms with Gasteiger partial charge in [-0.3, -0.25) is 19.7 Å². The second kappa shape index (κ2) is 14.5. The van der Waals surface area contributed by atoms with Gasteiger partial charge < -0.3 is 10.2 Å². The van der Waals surface area contributed by atoms with Gasteiger partial charge in [-0.15, -0.1) is 11.8 Å². The minimum absolute atomic E-state index is 0.0212. The lowest BCUT2D eigenvalue weighted by atomic mass is 10.0. The molecule has 0 bridgehead atoms. The second-order valence-corrected chi connectivity index (χ2v) is 11.7. The maximum absolute atomic E-state index is 13.8. The number of carbonyl (C=O) groups excluding carboxylic acids is 2. The first kappa shape index (κ1) is 29.9. The van der Waals surface area contributed by atoms with Crippen LogP contribution in [0.25, 0.3) is 0 Å². The number of halogens is 2. The predicted octanol–water partition coefficient (Wildman–Crippen LogP) is 6.83. The molecule has 0 aliphatic heterocycles. The number of nitro benzene ring substituents is 1. The van der Waals surface area contributed by atoms with Gasteiger partial charge in [0.25, 0.3) is 5.69 Å². The highest BCUT2D eigenvalue weighted by atomic mass is 35.5. The Labute approximate surface area is 248 Å². The van der Waals surface area contributed by atoms with Crippen molar-refractivity contribution in [1.82, 2.24) is 10.2 Å². The first-order valence-corrected chi connectivity index (χ1v) is 15.1. The zero-order chi connectivity index (χ0) is 28.5. The summed E-state index contributed by atoms with van der Waals surface area (Å²) < 4.78 is 0. The zero-order valence-electron chi connectivity index (χ0n) is 21.9. The molecule has 1 saturated carbocycles. The monoisotopic (exact) mass is 599 g/mol. The van der Waals surface area contributed by atoms with E-state index in [-0.39, 0.29) is 35.8 Å². The fourth-order valence-electron chi connectivity index (χ4n) is 4.81. The van der Waals surface area contributed by atoms with Gasteiger partial charge in [0, 0.05) is 46.9 Å². The number of nitrogens with zero attached hydrogens (tertiary/aromatic N) is 2. The van der Waals surface area contributed by atoms with Crippen LogP contribution in [-0.4, -0.2) is 39.5 Å². The number of rotatable bonds is 12. The molecular formula is C30H31Cl2N3O4S. The number of thioether (sulfide) groups is 1. The van der Waals surface area contributed by atoms with Crippen LogP contribution in [0.3, 0.4) is 0 Å². The molecule has 7 nitrogen and oxygen atoms in total. The van der Waals surface area contributed by atoms with Crippen LogP contribution in [0.2, 0.25) is 10.0 Å². The molecule has 4 rings (SSSR count). The summed E-state index contributed by atoms with van der Waals surface area (Å²) in [5, 5.41) is 15.1. The van der Waals surface area contributed by atoms with E-state index in [2.05, 4.69) is 5.32 Å². The molecule has 1 atom stereocenters. The lowest BCUT2D eigenvalue weighted by Crippen LogP contribution is -2.52. The Kier molecular flexibility index (Phi) is 10.9. The first-order chi connectivity index (χ1) is 19.3. The average molecular weight is 601 g/mol. The smallest absolute Gasteiger partial charge is 0.269 e. The number of amides is 2. The van der Waals surface area contributed by atoms with E-state index in [1.54, 1.807) is 35.2 Å². The van der Waals surface area contributed by atoms with Gasteiger partial charge in [0.05, 0.1) is 10.7 Å². The van der Waals surface area contributed by atoms with Crippen molar-refractivity contribution in [1.29, 1.82) is 0 Å². The van der Waals surface area contributed by atoms with Gasteiger partial charge in [0.2, 0.25) is 11.8 Å². The largest absolute Gasteiger partial charge is 0.352 e. The van der Waals surface area contributed by atoms with Crippen LogP contribution in [0.15, 0.2) is 72.8 Å². The van der Waals surface area contributed by atoms with Crippen molar-refractivity contribution in [3.63, 3.8) is 0 Å². The van der Waals surface area contributed by atoms with E-state index in [0.717, 1.165) is 36.8 Å². The van der Waals surface area contributed by atoms with Crippen molar-refractivity contribution < 1.29 is 14.5 Å². The van der Waals surface area contributed by atoms with Crippen molar-refractivity contribution in [3.05, 3.63) is 110 Å². The van der Waals surface area contributed by atoms with E-state index in [1.165, 1.54) is 23.9 Å². The highest BCUT2D eigenvalue weighted by Crippen LogP contribution is 2.26. The highest BCUT2D eigenvalue weighted by Gasteiger charge is 2.32. The Morgan fingerprint density at radius 2 is 1.70 bits per heavy atom.